The molecule has 1 saturated heterocycles. The fourth-order valence-corrected chi connectivity index (χ4v) is 4.65. The zero-order chi connectivity index (χ0) is 24.5. The number of nitro benzene ring substituents is 1. The highest BCUT2D eigenvalue weighted by atomic mass is 35.5. The van der Waals surface area contributed by atoms with Crippen molar-refractivity contribution < 1.29 is 14.1 Å². The standard InChI is InChI=1S/C26H23ClN4O4/c1-16-5-8-19(20(27)13-16)26-29-21-15-18(7-10-24(21)35-26)28-25(32)17-6-9-22(23(14-17)31(33)34)30-11-3-2-4-12-30/h5-10,13-15H,2-4,11-12H2,1H3,(H,28,32). The van der Waals surface area contributed by atoms with Gasteiger partial charge in [0, 0.05) is 30.4 Å². The van der Waals surface area contributed by atoms with Crippen LogP contribution in [-0.4, -0.2) is 28.9 Å². The fraction of sp³-hybridized carbons (Fsp3) is 0.231. The molecule has 0 atom stereocenters. The van der Waals surface area contributed by atoms with Gasteiger partial charge in [0.2, 0.25) is 5.89 Å². The van der Waals surface area contributed by atoms with Crippen molar-refractivity contribution >= 4 is 45.7 Å². The summed E-state index contributed by atoms with van der Waals surface area (Å²) in [4.78, 5) is 30.7. The molecule has 1 aromatic heterocycles. The lowest BCUT2D eigenvalue weighted by Gasteiger charge is -2.28. The van der Waals surface area contributed by atoms with E-state index in [4.69, 9.17) is 16.0 Å². The normalized spacial score (nSPS) is 13.7. The van der Waals surface area contributed by atoms with Gasteiger partial charge in [0.1, 0.15) is 11.2 Å². The van der Waals surface area contributed by atoms with Gasteiger partial charge in [-0.15, -0.1) is 0 Å². The number of fused-ring (bicyclic) bond motifs is 1. The van der Waals surface area contributed by atoms with Crippen LogP contribution >= 0.6 is 11.6 Å². The molecule has 0 radical (unpaired) electrons. The van der Waals surface area contributed by atoms with Gasteiger partial charge in [0.05, 0.1) is 15.5 Å². The van der Waals surface area contributed by atoms with E-state index in [1.165, 1.54) is 6.07 Å². The highest BCUT2D eigenvalue weighted by Gasteiger charge is 2.23. The summed E-state index contributed by atoms with van der Waals surface area (Å²) in [5, 5.41) is 15.1. The molecule has 1 N–H and O–H groups in total. The van der Waals surface area contributed by atoms with Gasteiger partial charge < -0.3 is 14.6 Å². The third kappa shape index (κ3) is 4.70. The number of benzene rings is 3. The predicted molar refractivity (Wildman–Crippen MR) is 136 cm³/mol. The molecule has 9 heteroatoms. The molecule has 0 saturated carbocycles. The van der Waals surface area contributed by atoms with E-state index in [2.05, 4.69) is 10.3 Å². The van der Waals surface area contributed by atoms with Gasteiger partial charge in [-0.25, -0.2) is 4.98 Å². The molecule has 35 heavy (non-hydrogen) atoms. The molecule has 1 aliphatic rings. The van der Waals surface area contributed by atoms with E-state index < -0.39 is 10.8 Å². The van der Waals surface area contributed by atoms with Crippen LogP contribution in [0, 0.1) is 17.0 Å². The Kier molecular flexibility index (Phi) is 6.13. The summed E-state index contributed by atoms with van der Waals surface area (Å²) in [5.74, 6) is -0.0552. The van der Waals surface area contributed by atoms with Crippen molar-refractivity contribution in [2.45, 2.75) is 26.2 Å². The van der Waals surface area contributed by atoms with Gasteiger partial charge in [-0.2, -0.15) is 0 Å². The summed E-state index contributed by atoms with van der Waals surface area (Å²) in [7, 11) is 0. The van der Waals surface area contributed by atoms with Gasteiger partial charge in [0.25, 0.3) is 11.6 Å². The Morgan fingerprint density at radius 3 is 2.63 bits per heavy atom. The molecule has 3 aromatic carbocycles. The molecular weight excluding hydrogens is 468 g/mol. The van der Waals surface area contributed by atoms with Crippen molar-refractivity contribution in [3.63, 3.8) is 0 Å². The van der Waals surface area contributed by atoms with Gasteiger partial charge in [0.15, 0.2) is 5.58 Å². The van der Waals surface area contributed by atoms with Gasteiger partial charge >= 0.3 is 0 Å². The first kappa shape index (κ1) is 22.9. The number of nitrogens with zero attached hydrogens (tertiary/aromatic N) is 3. The average molecular weight is 491 g/mol. The number of amides is 1. The molecule has 1 amide bonds. The van der Waals surface area contributed by atoms with Crippen molar-refractivity contribution in [3.05, 3.63) is 80.9 Å². The minimum Gasteiger partial charge on any atom is -0.436 e. The Morgan fingerprint density at radius 2 is 1.89 bits per heavy atom. The summed E-state index contributed by atoms with van der Waals surface area (Å²) in [6.07, 6.45) is 3.13. The second-order valence-corrected chi connectivity index (χ2v) is 9.05. The van der Waals surface area contributed by atoms with Crippen LogP contribution in [0.2, 0.25) is 5.02 Å². The number of carbonyl (C=O) groups excluding carboxylic acids is 1. The first-order valence-corrected chi connectivity index (χ1v) is 11.8. The Labute approximate surface area is 206 Å². The third-order valence-corrected chi connectivity index (χ3v) is 6.44. The second-order valence-electron chi connectivity index (χ2n) is 8.65. The van der Waals surface area contributed by atoms with E-state index in [1.807, 2.05) is 30.0 Å². The van der Waals surface area contributed by atoms with Crippen molar-refractivity contribution in [1.29, 1.82) is 0 Å². The molecule has 0 bridgehead atoms. The predicted octanol–water partition coefficient (Wildman–Crippen LogP) is 6.61. The maximum atomic E-state index is 12.9. The highest BCUT2D eigenvalue weighted by Crippen LogP contribution is 2.33. The summed E-state index contributed by atoms with van der Waals surface area (Å²) in [5.41, 5.74) is 4.02. The van der Waals surface area contributed by atoms with Crippen LogP contribution in [0.5, 0.6) is 0 Å². The van der Waals surface area contributed by atoms with E-state index in [-0.39, 0.29) is 11.3 Å². The molecule has 178 valence electrons. The zero-order valence-corrected chi connectivity index (χ0v) is 19.8. The molecule has 0 unspecified atom stereocenters. The quantitative estimate of drug-likeness (QED) is 0.249. The number of rotatable bonds is 5. The SMILES string of the molecule is Cc1ccc(-c2nc3cc(NC(=O)c4ccc(N5CCCCC5)c([N+](=O)[O-])c4)ccc3o2)c(Cl)c1. The smallest absolute Gasteiger partial charge is 0.293 e. The summed E-state index contributed by atoms with van der Waals surface area (Å²) >= 11 is 6.35. The molecule has 0 spiro atoms. The minimum atomic E-state index is -0.442. The largest absolute Gasteiger partial charge is 0.436 e. The number of oxazole rings is 1. The van der Waals surface area contributed by atoms with E-state index in [1.54, 1.807) is 30.3 Å². The average Bonchev–Trinajstić information content (AvgIpc) is 3.27. The van der Waals surface area contributed by atoms with E-state index in [0.717, 1.165) is 37.9 Å². The number of anilines is 2. The lowest BCUT2D eigenvalue weighted by molar-refractivity contribution is -0.384. The van der Waals surface area contributed by atoms with E-state index >= 15 is 0 Å². The van der Waals surface area contributed by atoms with Crippen molar-refractivity contribution in [1.82, 2.24) is 4.98 Å². The second kappa shape index (κ2) is 9.38. The van der Waals surface area contributed by atoms with Crippen LogP contribution in [0.4, 0.5) is 17.1 Å². The number of aromatic nitrogens is 1. The number of nitrogens with one attached hydrogen (secondary N) is 1. The van der Waals surface area contributed by atoms with Crippen LogP contribution in [0.1, 0.15) is 35.2 Å². The third-order valence-electron chi connectivity index (χ3n) is 6.13. The molecule has 1 aliphatic heterocycles. The molecule has 8 nitrogen and oxygen atoms in total. The number of hydrogen-bond acceptors (Lipinski definition) is 6. The molecule has 2 heterocycles. The molecule has 4 aromatic rings. The topological polar surface area (TPSA) is 102 Å². The van der Waals surface area contributed by atoms with Crippen LogP contribution < -0.4 is 10.2 Å². The van der Waals surface area contributed by atoms with Crippen LogP contribution in [0.3, 0.4) is 0 Å². The maximum absolute atomic E-state index is 12.9. The van der Waals surface area contributed by atoms with Crippen molar-refractivity contribution in [2.75, 3.05) is 23.3 Å². The zero-order valence-electron chi connectivity index (χ0n) is 19.1. The van der Waals surface area contributed by atoms with Crippen LogP contribution in [-0.2, 0) is 0 Å². The van der Waals surface area contributed by atoms with Gasteiger partial charge in [-0.3, -0.25) is 14.9 Å². The molecule has 1 fully saturated rings. The number of nitro groups is 1. The number of piperidine rings is 1. The summed E-state index contributed by atoms with van der Waals surface area (Å²) in [6.45, 7) is 3.51. The number of aryl methyl sites for hydroxylation is 1. The molecule has 5 rings (SSSR count). The van der Waals surface area contributed by atoms with Crippen LogP contribution in [0.25, 0.3) is 22.6 Å². The molecule has 0 aliphatic carbocycles. The Hall–Kier alpha value is -3.91. The number of hydrogen-bond donors (Lipinski definition) is 1. The van der Waals surface area contributed by atoms with Crippen LogP contribution in [0.15, 0.2) is 59.0 Å². The minimum absolute atomic E-state index is 0.0638. The monoisotopic (exact) mass is 490 g/mol. The first-order chi connectivity index (χ1) is 16.9. The number of halogens is 1. The van der Waals surface area contributed by atoms with E-state index in [0.29, 0.717) is 39.0 Å². The summed E-state index contributed by atoms with van der Waals surface area (Å²) < 4.78 is 5.84. The lowest BCUT2D eigenvalue weighted by Crippen LogP contribution is -2.30. The fourth-order valence-electron chi connectivity index (χ4n) is 4.33. The Bertz CT molecular complexity index is 1440. The number of carbonyl (C=O) groups is 1. The van der Waals surface area contributed by atoms with Crippen molar-refractivity contribution in [2.24, 2.45) is 0 Å². The Morgan fingerprint density at radius 1 is 1.09 bits per heavy atom. The summed E-state index contributed by atoms with van der Waals surface area (Å²) in [6, 6.07) is 15.4. The van der Waals surface area contributed by atoms with Crippen molar-refractivity contribution in [3.8, 4) is 11.5 Å². The maximum Gasteiger partial charge on any atom is 0.293 e. The van der Waals surface area contributed by atoms with Gasteiger partial charge in [-0.1, -0.05) is 17.7 Å². The van der Waals surface area contributed by atoms with Gasteiger partial charge in [-0.05, 0) is 74.2 Å². The van der Waals surface area contributed by atoms with E-state index in [9.17, 15) is 14.9 Å². The highest BCUT2D eigenvalue weighted by molar-refractivity contribution is 6.33. The first-order valence-electron chi connectivity index (χ1n) is 11.4. The Balaban J connectivity index is 1.39. The molecular formula is C26H23ClN4O4. The lowest BCUT2D eigenvalue weighted by atomic mass is 10.1.